The highest BCUT2D eigenvalue weighted by atomic mass is 16.5. The van der Waals surface area contributed by atoms with Gasteiger partial charge in [-0.05, 0) is 35.9 Å². The number of hydrogen-bond acceptors (Lipinski definition) is 5. The normalized spacial score (nSPS) is 11.7. The molecule has 1 N–H and O–H groups in total. The molecule has 154 valence electrons. The lowest BCUT2D eigenvalue weighted by molar-refractivity contribution is 0.415. The number of rotatable bonds is 6. The van der Waals surface area contributed by atoms with E-state index in [4.69, 9.17) is 4.74 Å². The highest BCUT2D eigenvalue weighted by Crippen LogP contribution is 2.14. The van der Waals surface area contributed by atoms with Crippen LogP contribution in [0.2, 0.25) is 0 Å². The van der Waals surface area contributed by atoms with Crippen LogP contribution < -0.4 is 15.7 Å². The zero-order valence-electron chi connectivity index (χ0n) is 17.3. The van der Waals surface area contributed by atoms with Crippen molar-refractivity contribution in [3.63, 3.8) is 0 Å². The van der Waals surface area contributed by atoms with Crippen LogP contribution in [0.1, 0.15) is 11.1 Å². The molecule has 3 aromatic carbocycles. The molecule has 0 aliphatic heterocycles. The zero-order valence-corrected chi connectivity index (χ0v) is 17.3. The molecule has 0 fully saturated rings. The number of para-hydroxylation sites is 1. The molecule has 0 saturated carbocycles. The van der Waals surface area contributed by atoms with Gasteiger partial charge in [0, 0.05) is 12.6 Å². The van der Waals surface area contributed by atoms with E-state index in [0.29, 0.717) is 22.6 Å². The molecule has 1 heterocycles. The van der Waals surface area contributed by atoms with Crippen molar-refractivity contribution in [3.8, 4) is 5.75 Å². The van der Waals surface area contributed by atoms with Gasteiger partial charge in [-0.25, -0.2) is 10.4 Å². The largest absolute Gasteiger partial charge is 0.497 e. The number of methoxy groups -OCH3 is 1. The Hall–Kier alpha value is -4.19. The Bertz CT molecular complexity index is 1310. The van der Waals surface area contributed by atoms with E-state index in [1.807, 2.05) is 84.9 Å². The fourth-order valence-electron chi connectivity index (χ4n) is 3.13. The number of ether oxygens (including phenoxy) is 1. The molecule has 6 heteroatoms. The van der Waals surface area contributed by atoms with Gasteiger partial charge < -0.3 is 4.74 Å². The Labute approximate surface area is 180 Å². The van der Waals surface area contributed by atoms with Crippen molar-refractivity contribution in [3.05, 3.63) is 106 Å². The Morgan fingerprint density at radius 2 is 1.71 bits per heavy atom. The van der Waals surface area contributed by atoms with Crippen molar-refractivity contribution in [1.29, 1.82) is 0 Å². The molecular weight excluding hydrogens is 388 g/mol. The molecule has 1 aromatic heterocycles. The number of allylic oxidation sites excluding steroid dienone is 1. The standard InChI is InChI=1S/C25H22N4O2/c1-29-24(30)21-10-6-7-11-23(21)26-25(29)28-27-22(19-8-4-3-5-9-19)17-14-18-12-15-20(31-2)16-13-18/h3-17H,1-2H3,(H,26,28)/b17-14+,27-22-. The Morgan fingerprint density at radius 1 is 1.00 bits per heavy atom. The SMILES string of the molecule is COc1ccc(/C=C/C(=N/Nc2nc3ccccc3c(=O)n2C)c2ccccc2)cc1. The summed E-state index contributed by atoms with van der Waals surface area (Å²) < 4.78 is 6.67. The van der Waals surface area contributed by atoms with Crippen molar-refractivity contribution in [2.75, 3.05) is 12.5 Å². The molecule has 0 atom stereocenters. The summed E-state index contributed by atoms with van der Waals surface area (Å²) in [5.74, 6) is 1.18. The number of hydrazone groups is 1. The van der Waals surface area contributed by atoms with E-state index < -0.39 is 0 Å². The molecule has 0 amide bonds. The van der Waals surface area contributed by atoms with Crippen LogP contribution in [0.3, 0.4) is 0 Å². The monoisotopic (exact) mass is 410 g/mol. The molecule has 4 aromatic rings. The van der Waals surface area contributed by atoms with Gasteiger partial charge in [0.1, 0.15) is 5.75 Å². The first-order valence-corrected chi connectivity index (χ1v) is 9.83. The van der Waals surface area contributed by atoms with Crippen LogP contribution in [-0.2, 0) is 7.05 Å². The van der Waals surface area contributed by atoms with E-state index >= 15 is 0 Å². The molecule has 4 rings (SSSR count). The van der Waals surface area contributed by atoms with E-state index in [0.717, 1.165) is 16.9 Å². The predicted octanol–water partition coefficient (Wildman–Crippen LogP) is 4.47. The van der Waals surface area contributed by atoms with Crippen molar-refractivity contribution in [2.45, 2.75) is 0 Å². The first-order chi connectivity index (χ1) is 15.2. The minimum absolute atomic E-state index is 0.127. The van der Waals surface area contributed by atoms with E-state index in [2.05, 4.69) is 15.5 Å². The second-order valence-corrected chi connectivity index (χ2v) is 6.90. The van der Waals surface area contributed by atoms with E-state index in [9.17, 15) is 4.79 Å². The first-order valence-electron chi connectivity index (χ1n) is 9.83. The summed E-state index contributed by atoms with van der Waals surface area (Å²) in [6, 6.07) is 24.8. The van der Waals surface area contributed by atoms with Crippen molar-refractivity contribution >= 4 is 28.6 Å². The maximum atomic E-state index is 12.6. The summed E-state index contributed by atoms with van der Waals surface area (Å²) >= 11 is 0. The second kappa shape index (κ2) is 9.09. The average Bonchev–Trinajstić information content (AvgIpc) is 2.83. The van der Waals surface area contributed by atoms with Crippen LogP contribution in [0, 0.1) is 0 Å². The third kappa shape index (κ3) is 4.53. The highest BCUT2D eigenvalue weighted by Gasteiger charge is 2.08. The smallest absolute Gasteiger partial charge is 0.262 e. The van der Waals surface area contributed by atoms with Crippen LogP contribution in [0.4, 0.5) is 5.95 Å². The fourth-order valence-corrected chi connectivity index (χ4v) is 3.13. The van der Waals surface area contributed by atoms with Gasteiger partial charge in [0.2, 0.25) is 5.95 Å². The summed E-state index contributed by atoms with van der Waals surface area (Å²) in [4.78, 5) is 17.2. The van der Waals surface area contributed by atoms with E-state index in [1.54, 1.807) is 20.2 Å². The Morgan fingerprint density at radius 3 is 2.45 bits per heavy atom. The van der Waals surface area contributed by atoms with Crippen molar-refractivity contribution in [2.24, 2.45) is 12.1 Å². The number of anilines is 1. The molecule has 31 heavy (non-hydrogen) atoms. The maximum absolute atomic E-state index is 12.6. The van der Waals surface area contributed by atoms with Crippen LogP contribution in [-0.4, -0.2) is 22.4 Å². The third-order valence-electron chi connectivity index (χ3n) is 4.88. The van der Waals surface area contributed by atoms with E-state index in [1.165, 1.54) is 4.57 Å². The minimum atomic E-state index is -0.127. The number of nitrogens with one attached hydrogen (secondary N) is 1. The van der Waals surface area contributed by atoms with Gasteiger partial charge in [0.15, 0.2) is 0 Å². The number of hydrogen-bond donors (Lipinski definition) is 1. The van der Waals surface area contributed by atoms with Gasteiger partial charge in [0.05, 0.1) is 23.7 Å². The molecule has 0 unspecified atom stereocenters. The van der Waals surface area contributed by atoms with E-state index in [-0.39, 0.29) is 5.56 Å². The number of aromatic nitrogens is 2. The quantitative estimate of drug-likeness (QED) is 0.376. The van der Waals surface area contributed by atoms with Gasteiger partial charge in [0.25, 0.3) is 5.56 Å². The van der Waals surface area contributed by atoms with Crippen molar-refractivity contribution < 1.29 is 4.74 Å². The molecule has 0 bridgehead atoms. The summed E-state index contributed by atoms with van der Waals surface area (Å²) in [6.45, 7) is 0. The third-order valence-corrected chi connectivity index (χ3v) is 4.88. The summed E-state index contributed by atoms with van der Waals surface area (Å²) in [7, 11) is 3.32. The topological polar surface area (TPSA) is 68.5 Å². The van der Waals surface area contributed by atoms with Gasteiger partial charge >= 0.3 is 0 Å². The van der Waals surface area contributed by atoms with Crippen LogP contribution >= 0.6 is 0 Å². The Kier molecular flexibility index (Phi) is 5.89. The summed E-state index contributed by atoms with van der Waals surface area (Å²) in [6.07, 6.45) is 3.89. The second-order valence-electron chi connectivity index (χ2n) is 6.90. The van der Waals surface area contributed by atoms with Crippen molar-refractivity contribution in [1.82, 2.24) is 9.55 Å². The van der Waals surface area contributed by atoms with Gasteiger partial charge in [-0.15, -0.1) is 0 Å². The fraction of sp³-hybridized carbons (Fsp3) is 0.0800. The summed E-state index contributed by atoms with van der Waals surface area (Å²) in [5, 5.41) is 5.13. The van der Waals surface area contributed by atoms with Crippen LogP contribution in [0.5, 0.6) is 5.75 Å². The molecule has 0 aliphatic rings. The molecule has 0 spiro atoms. The lowest BCUT2D eigenvalue weighted by atomic mass is 10.1. The summed E-state index contributed by atoms with van der Waals surface area (Å²) in [5.41, 5.74) is 6.12. The predicted molar refractivity (Wildman–Crippen MR) is 126 cm³/mol. The molecule has 0 aliphatic carbocycles. The maximum Gasteiger partial charge on any atom is 0.262 e. The highest BCUT2D eigenvalue weighted by molar-refractivity contribution is 6.11. The number of nitrogens with zero attached hydrogens (tertiary/aromatic N) is 3. The first kappa shape index (κ1) is 20.1. The molecular formula is C25H22N4O2. The Balaban J connectivity index is 1.69. The lowest BCUT2D eigenvalue weighted by Gasteiger charge is -2.09. The average molecular weight is 410 g/mol. The molecule has 0 radical (unpaired) electrons. The number of benzene rings is 3. The number of fused-ring (bicyclic) bond motifs is 1. The lowest BCUT2D eigenvalue weighted by Crippen LogP contribution is -2.21. The zero-order chi connectivity index (χ0) is 21.6. The van der Waals surface area contributed by atoms with Crippen LogP contribution in [0.25, 0.3) is 17.0 Å². The minimum Gasteiger partial charge on any atom is -0.497 e. The van der Waals surface area contributed by atoms with Gasteiger partial charge in [-0.3, -0.25) is 9.36 Å². The van der Waals surface area contributed by atoms with Gasteiger partial charge in [-0.1, -0.05) is 60.7 Å². The molecule has 6 nitrogen and oxygen atoms in total. The van der Waals surface area contributed by atoms with Gasteiger partial charge in [-0.2, -0.15) is 5.10 Å². The molecule has 0 saturated heterocycles. The van der Waals surface area contributed by atoms with Crippen LogP contribution in [0.15, 0.2) is 94.8 Å².